The minimum Gasteiger partial charge on any atom is -0.368 e. The van der Waals surface area contributed by atoms with Crippen molar-refractivity contribution < 1.29 is 17.6 Å². The minimum absolute atomic E-state index is 0.127. The average molecular weight is 431 g/mol. The van der Waals surface area contributed by atoms with E-state index in [9.17, 15) is 17.6 Å². The molecule has 162 valence electrons. The van der Waals surface area contributed by atoms with Gasteiger partial charge < -0.3 is 15.1 Å². The molecule has 0 aliphatic carbocycles. The number of aromatic nitrogens is 2. The third-order valence-electron chi connectivity index (χ3n) is 5.18. The third kappa shape index (κ3) is 4.93. The molecular weight excluding hydrogens is 410 g/mol. The Morgan fingerprint density at radius 2 is 1.74 bits per heavy atom. The topological polar surface area (TPSA) is 44.3 Å². The van der Waals surface area contributed by atoms with E-state index in [2.05, 4.69) is 20.2 Å². The van der Waals surface area contributed by atoms with Crippen molar-refractivity contribution in [2.24, 2.45) is 0 Å². The third-order valence-corrected chi connectivity index (χ3v) is 5.18. The van der Waals surface area contributed by atoms with E-state index in [-0.39, 0.29) is 17.3 Å². The maximum absolute atomic E-state index is 13.8. The van der Waals surface area contributed by atoms with Gasteiger partial charge in [-0.2, -0.15) is 13.2 Å². The smallest absolute Gasteiger partial charge is 0.368 e. The van der Waals surface area contributed by atoms with Crippen LogP contribution in [0.25, 0.3) is 11.3 Å². The fraction of sp³-hybridized carbons (Fsp3) is 0.273. The first-order valence-electron chi connectivity index (χ1n) is 9.80. The molecule has 0 spiro atoms. The van der Waals surface area contributed by atoms with E-state index in [0.717, 1.165) is 6.07 Å². The average Bonchev–Trinajstić information content (AvgIpc) is 2.74. The number of nitrogens with one attached hydrogen (secondary N) is 1. The van der Waals surface area contributed by atoms with Crippen LogP contribution in [0.1, 0.15) is 5.56 Å². The standard InChI is InChI=1S/C22H21F4N5/c1-30-9-11-31(12-10-30)20-6-5-17(14-18(20)22(24,25)26)28-21-27-8-7-19(29-21)15-3-2-4-16(23)13-15/h2-8,13-14H,9-12H2,1H3,(H,27,28,29). The SMILES string of the molecule is CN1CCN(c2ccc(Nc3nccc(-c4cccc(F)c4)n3)cc2C(F)(F)F)CC1. The molecular formula is C22H21F4N5. The first-order valence-corrected chi connectivity index (χ1v) is 9.80. The Morgan fingerprint density at radius 1 is 0.968 bits per heavy atom. The lowest BCUT2D eigenvalue weighted by atomic mass is 10.1. The molecule has 3 aromatic rings. The molecule has 2 aromatic carbocycles. The van der Waals surface area contributed by atoms with Gasteiger partial charge in [-0.15, -0.1) is 0 Å². The summed E-state index contributed by atoms with van der Waals surface area (Å²) < 4.78 is 54.9. The lowest BCUT2D eigenvalue weighted by molar-refractivity contribution is -0.137. The highest BCUT2D eigenvalue weighted by molar-refractivity contribution is 5.66. The molecule has 4 rings (SSSR count). The fourth-order valence-electron chi connectivity index (χ4n) is 3.52. The highest BCUT2D eigenvalue weighted by Gasteiger charge is 2.35. The highest BCUT2D eigenvalue weighted by atomic mass is 19.4. The Morgan fingerprint density at radius 3 is 2.45 bits per heavy atom. The van der Waals surface area contributed by atoms with Crippen molar-refractivity contribution >= 4 is 17.3 Å². The first kappa shape index (κ1) is 21.0. The number of halogens is 4. The molecule has 2 heterocycles. The van der Waals surface area contributed by atoms with Crippen molar-refractivity contribution in [3.63, 3.8) is 0 Å². The largest absolute Gasteiger partial charge is 0.418 e. The van der Waals surface area contributed by atoms with Gasteiger partial charge in [-0.1, -0.05) is 12.1 Å². The summed E-state index contributed by atoms with van der Waals surface area (Å²) in [5, 5.41) is 2.84. The monoisotopic (exact) mass is 431 g/mol. The van der Waals surface area contributed by atoms with E-state index >= 15 is 0 Å². The van der Waals surface area contributed by atoms with Crippen LogP contribution < -0.4 is 10.2 Å². The fourth-order valence-corrected chi connectivity index (χ4v) is 3.52. The number of alkyl halides is 3. The number of anilines is 3. The van der Waals surface area contributed by atoms with Gasteiger partial charge >= 0.3 is 6.18 Å². The molecule has 31 heavy (non-hydrogen) atoms. The molecule has 0 radical (unpaired) electrons. The summed E-state index contributed by atoms with van der Waals surface area (Å²) in [7, 11) is 1.95. The number of piperazine rings is 1. The highest BCUT2D eigenvalue weighted by Crippen LogP contribution is 2.39. The zero-order chi connectivity index (χ0) is 22.0. The molecule has 1 N–H and O–H groups in total. The summed E-state index contributed by atoms with van der Waals surface area (Å²) in [6, 6.07) is 11.7. The van der Waals surface area contributed by atoms with Crippen LogP contribution in [0.5, 0.6) is 0 Å². The Hall–Kier alpha value is -3.20. The van der Waals surface area contributed by atoms with Gasteiger partial charge in [-0.05, 0) is 43.4 Å². The van der Waals surface area contributed by atoms with Crippen molar-refractivity contribution in [2.75, 3.05) is 43.4 Å². The molecule has 0 atom stereocenters. The second kappa shape index (κ2) is 8.50. The van der Waals surface area contributed by atoms with Crippen molar-refractivity contribution in [1.29, 1.82) is 0 Å². The van der Waals surface area contributed by atoms with Crippen molar-refractivity contribution in [1.82, 2.24) is 14.9 Å². The van der Waals surface area contributed by atoms with Crippen molar-refractivity contribution in [3.05, 3.63) is 66.1 Å². The first-order chi connectivity index (χ1) is 14.8. The lowest BCUT2D eigenvalue weighted by Gasteiger charge is -2.35. The van der Waals surface area contributed by atoms with Crippen LogP contribution in [0, 0.1) is 5.82 Å². The normalized spacial score (nSPS) is 15.2. The number of nitrogens with zero attached hydrogens (tertiary/aromatic N) is 4. The predicted octanol–water partition coefficient (Wildman–Crippen LogP) is 4.80. The Bertz CT molecular complexity index is 1060. The number of likely N-dealkylation sites (N-methyl/N-ethyl adjacent to an activating group) is 1. The van der Waals surface area contributed by atoms with Gasteiger partial charge in [0.2, 0.25) is 5.95 Å². The van der Waals surface area contributed by atoms with Crippen LogP contribution in [0.15, 0.2) is 54.7 Å². The summed E-state index contributed by atoms with van der Waals surface area (Å²) in [5.41, 5.74) is 0.694. The summed E-state index contributed by atoms with van der Waals surface area (Å²) >= 11 is 0. The van der Waals surface area contributed by atoms with Crippen molar-refractivity contribution in [2.45, 2.75) is 6.18 Å². The van der Waals surface area contributed by atoms with Crippen LogP contribution >= 0.6 is 0 Å². The lowest BCUT2D eigenvalue weighted by Crippen LogP contribution is -2.45. The molecule has 9 heteroatoms. The summed E-state index contributed by atoms with van der Waals surface area (Å²) in [4.78, 5) is 12.2. The van der Waals surface area contributed by atoms with E-state index in [0.29, 0.717) is 37.4 Å². The predicted molar refractivity (Wildman–Crippen MR) is 112 cm³/mol. The molecule has 1 saturated heterocycles. The second-order valence-corrected chi connectivity index (χ2v) is 7.42. The van der Waals surface area contributed by atoms with Crippen LogP contribution in [0.3, 0.4) is 0 Å². The van der Waals surface area contributed by atoms with E-state index in [1.807, 2.05) is 7.05 Å². The van der Waals surface area contributed by atoms with Gasteiger partial charge in [0, 0.05) is 49.3 Å². The van der Waals surface area contributed by atoms with Gasteiger partial charge in [0.15, 0.2) is 0 Å². The Labute approximate surface area is 177 Å². The molecule has 1 fully saturated rings. The maximum atomic E-state index is 13.8. The Balaban J connectivity index is 1.61. The zero-order valence-electron chi connectivity index (χ0n) is 16.8. The van der Waals surface area contributed by atoms with Crippen LogP contribution in [-0.4, -0.2) is 48.1 Å². The van der Waals surface area contributed by atoms with E-state index < -0.39 is 17.6 Å². The molecule has 1 aliphatic rings. The number of hydrogen-bond donors (Lipinski definition) is 1. The summed E-state index contributed by atoms with van der Waals surface area (Å²) in [6.45, 7) is 2.48. The van der Waals surface area contributed by atoms with E-state index in [1.54, 1.807) is 29.2 Å². The van der Waals surface area contributed by atoms with Crippen LogP contribution in [-0.2, 0) is 6.18 Å². The number of benzene rings is 2. The molecule has 5 nitrogen and oxygen atoms in total. The zero-order valence-corrected chi connectivity index (χ0v) is 16.8. The minimum atomic E-state index is -4.50. The van der Waals surface area contributed by atoms with Crippen LogP contribution in [0.4, 0.5) is 34.9 Å². The van der Waals surface area contributed by atoms with Gasteiger partial charge in [0.1, 0.15) is 5.82 Å². The van der Waals surface area contributed by atoms with Crippen molar-refractivity contribution in [3.8, 4) is 11.3 Å². The molecule has 1 aliphatic heterocycles. The molecule has 0 bridgehead atoms. The molecule has 0 saturated carbocycles. The van der Waals surface area contributed by atoms with E-state index in [1.165, 1.54) is 24.4 Å². The van der Waals surface area contributed by atoms with Gasteiger partial charge in [0.05, 0.1) is 11.3 Å². The molecule has 0 amide bonds. The van der Waals surface area contributed by atoms with Crippen LogP contribution in [0.2, 0.25) is 0 Å². The second-order valence-electron chi connectivity index (χ2n) is 7.42. The maximum Gasteiger partial charge on any atom is 0.418 e. The number of hydrogen-bond acceptors (Lipinski definition) is 5. The van der Waals surface area contributed by atoms with E-state index in [4.69, 9.17) is 0 Å². The molecule has 0 unspecified atom stereocenters. The Kier molecular flexibility index (Phi) is 5.77. The quantitative estimate of drug-likeness (QED) is 0.602. The summed E-state index contributed by atoms with van der Waals surface area (Å²) in [6.07, 6.45) is -3.03. The van der Waals surface area contributed by atoms with Gasteiger partial charge in [-0.3, -0.25) is 0 Å². The summed E-state index contributed by atoms with van der Waals surface area (Å²) in [5.74, 6) is -0.276. The van der Waals surface area contributed by atoms with Gasteiger partial charge in [0.25, 0.3) is 0 Å². The van der Waals surface area contributed by atoms with Gasteiger partial charge in [-0.25, -0.2) is 14.4 Å². The number of rotatable bonds is 4. The molecule has 1 aromatic heterocycles.